The van der Waals surface area contributed by atoms with E-state index in [4.69, 9.17) is 0 Å². The Labute approximate surface area is 105 Å². The first kappa shape index (κ1) is 14.0. The van der Waals surface area contributed by atoms with Gasteiger partial charge in [0.15, 0.2) is 0 Å². The molecule has 1 heterocycles. The summed E-state index contributed by atoms with van der Waals surface area (Å²) in [5.74, 6) is 1.69. The van der Waals surface area contributed by atoms with Gasteiger partial charge in [-0.05, 0) is 45.5 Å². The van der Waals surface area contributed by atoms with Crippen LogP contribution in [0.15, 0.2) is 18.2 Å². The van der Waals surface area contributed by atoms with Gasteiger partial charge in [-0.3, -0.25) is 0 Å². The minimum absolute atomic E-state index is 0.553. The first-order valence-corrected chi connectivity index (χ1v) is 6.33. The molecule has 3 heteroatoms. The van der Waals surface area contributed by atoms with Gasteiger partial charge in [0.05, 0.1) is 0 Å². The Balaban J connectivity index is 2.51. The molecule has 0 aliphatic rings. The van der Waals surface area contributed by atoms with Gasteiger partial charge < -0.3 is 10.2 Å². The average Bonchev–Trinajstić information content (AvgIpc) is 2.23. The Bertz CT molecular complexity index is 334. The number of aromatic nitrogens is 1. The number of likely N-dealkylation sites (N-methyl/N-ethyl adjacent to an activating group) is 1. The van der Waals surface area contributed by atoms with E-state index in [1.165, 1.54) is 6.42 Å². The summed E-state index contributed by atoms with van der Waals surface area (Å²) in [5.41, 5.74) is 1.06. The molecule has 0 fully saturated rings. The summed E-state index contributed by atoms with van der Waals surface area (Å²) in [5, 5.41) is 3.42. The molecular weight excluding hydrogens is 210 g/mol. The quantitative estimate of drug-likeness (QED) is 0.822. The maximum atomic E-state index is 4.45. The van der Waals surface area contributed by atoms with Crippen LogP contribution in [0.25, 0.3) is 0 Å². The Morgan fingerprint density at radius 2 is 2.00 bits per heavy atom. The SMILES string of the molecule is Cc1cccc(NCC(CC(C)C)N(C)C)n1. The van der Waals surface area contributed by atoms with Crippen LogP contribution in [0.4, 0.5) is 5.82 Å². The van der Waals surface area contributed by atoms with Crippen LogP contribution in [-0.4, -0.2) is 36.6 Å². The summed E-state index contributed by atoms with van der Waals surface area (Å²) >= 11 is 0. The molecule has 0 bridgehead atoms. The average molecular weight is 235 g/mol. The first-order chi connectivity index (χ1) is 7.99. The Kier molecular flexibility index (Phi) is 5.42. The molecule has 0 spiro atoms. The predicted molar refractivity (Wildman–Crippen MR) is 74.4 cm³/mol. The summed E-state index contributed by atoms with van der Waals surface area (Å²) in [6, 6.07) is 6.63. The number of nitrogens with one attached hydrogen (secondary N) is 1. The number of rotatable bonds is 6. The summed E-state index contributed by atoms with van der Waals surface area (Å²) < 4.78 is 0. The lowest BCUT2D eigenvalue weighted by molar-refractivity contribution is 0.266. The van der Waals surface area contributed by atoms with Gasteiger partial charge in [-0.2, -0.15) is 0 Å². The molecule has 3 nitrogen and oxygen atoms in total. The van der Waals surface area contributed by atoms with Crippen LogP contribution in [0.3, 0.4) is 0 Å². The maximum Gasteiger partial charge on any atom is 0.126 e. The van der Waals surface area contributed by atoms with Crippen molar-refractivity contribution in [2.75, 3.05) is 26.0 Å². The number of pyridine rings is 1. The highest BCUT2D eigenvalue weighted by molar-refractivity contribution is 5.35. The van der Waals surface area contributed by atoms with Crippen LogP contribution < -0.4 is 5.32 Å². The minimum atomic E-state index is 0.553. The maximum absolute atomic E-state index is 4.45. The highest BCUT2D eigenvalue weighted by Gasteiger charge is 2.13. The van der Waals surface area contributed by atoms with Gasteiger partial charge >= 0.3 is 0 Å². The number of aryl methyl sites for hydroxylation is 1. The van der Waals surface area contributed by atoms with E-state index in [2.05, 4.69) is 43.1 Å². The second-order valence-electron chi connectivity index (χ2n) is 5.29. The number of nitrogens with zero attached hydrogens (tertiary/aromatic N) is 2. The molecule has 17 heavy (non-hydrogen) atoms. The molecule has 0 aliphatic carbocycles. The Morgan fingerprint density at radius 1 is 1.29 bits per heavy atom. The highest BCUT2D eigenvalue weighted by Crippen LogP contribution is 2.11. The molecule has 1 atom stereocenters. The standard InChI is InChI=1S/C14H25N3/c1-11(2)9-13(17(4)5)10-15-14-8-6-7-12(3)16-14/h6-8,11,13H,9-10H2,1-5H3,(H,15,16). The predicted octanol–water partition coefficient (Wildman–Crippen LogP) is 2.78. The van der Waals surface area contributed by atoms with Crippen LogP contribution in [0.5, 0.6) is 0 Å². The van der Waals surface area contributed by atoms with Gasteiger partial charge in [0.1, 0.15) is 5.82 Å². The Hall–Kier alpha value is -1.09. The van der Waals surface area contributed by atoms with Crippen molar-refractivity contribution in [1.82, 2.24) is 9.88 Å². The van der Waals surface area contributed by atoms with Crippen LogP contribution in [0.2, 0.25) is 0 Å². The topological polar surface area (TPSA) is 28.2 Å². The molecule has 0 aromatic carbocycles. The third-order valence-electron chi connectivity index (χ3n) is 2.88. The lowest BCUT2D eigenvalue weighted by Crippen LogP contribution is -2.35. The second-order valence-corrected chi connectivity index (χ2v) is 5.29. The van der Waals surface area contributed by atoms with Crippen LogP contribution in [0, 0.1) is 12.8 Å². The molecule has 0 amide bonds. The minimum Gasteiger partial charge on any atom is -0.368 e. The monoisotopic (exact) mass is 235 g/mol. The van der Waals surface area contributed by atoms with Crippen molar-refractivity contribution in [2.45, 2.75) is 33.2 Å². The summed E-state index contributed by atoms with van der Waals surface area (Å²) in [6.45, 7) is 7.49. The third kappa shape index (κ3) is 5.18. The zero-order valence-electron chi connectivity index (χ0n) is 11.7. The van der Waals surface area contributed by atoms with Gasteiger partial charge in [0.2, 0.25) is 0 Å². The molecule has 0 saturated heterocycles. The molecule has 1 unspecified atom stereocenters. The molecular formula is C14H25N3. The molecule has 0 radical (unpaired) electrons. The smallest absolute Gasteiger partial charge is 0.126 e. The van der Waals surface area contributed by atoms with Gasteiger partial charge in [-0.1, -0.05) is 19.9 Å². The van der Waals surface area contributed by atoms with E-state index in [0.29, 0.717) is 6.04 Å². The van der Waals surface area contributed by atoms with Gasteiger partial charge in [0, 0.05) is 18.3 Å². The molecule has 1 aromatic heterocycles. The zero-order chi connectivity index (χ0) is 12.8. The molecule has 1 N–H and O–H groups in total. The lowest BCUT2D eigenvalue weighted by atomic mass is 10.0. The summed E-state index contributed by atoms with van der Waals surface area (Å²) in [7, 11) is 4.27. The van der Waals surface area contributed by atoms with Crippen molar-refractivity contribution in [3.8, 4) is 0 Å². The number of hydrogen-bond acceptors (Lipinski definition) is 3. The zero-order valence-corrected chi connectivity index (χ0v) is 11.7. The van der Waals surface area contributed by atoms with E-state index >= 15 is 0 Å². The van der Waals surface area contributed by atoms with E-state index in [1.807, 2.05) is 25.1 Å². The Morgan fingerprint density at radius 3 is 2.53 bits per heavy atom. The van der Waals surface area contributed by atoms with E-state index in [1.54, 1.807) is 0 Å². The fourth-order valence-corrected chi connectivity index (χ4v) is 1.88. The van der Waals surface area contributed by atoms with E-state index in [0.717, 1.165) is 24.0 Å². The largest absolute Gasteiger partial charge is 0.368 e. The number of hydrogen-bond donors (Lipinski definition) is 1. The normalized spacial score (nSPS) is 13.1. The molecule has 96 valence electrons. The third-order valence-corrected chi connectivity index (χ3v) is 2.88. The van der Waals surface area contributed by atoms with Crippen molar-refractivity contribution >= 4 is 5.82 Å². The van der Waals surface area contributed by atoms with Crippen molar-refractivity contribution in [2.24, 2.45) is 5.92 Å². The molecule has 1 rings (SSSR count). The highest BCUT2D eigenvalue weighted by atomic mass is 15.1. The van der Waals surface area contributed by atoms with Gasteiger partial charge in [0.25, 0.3) is 0 Å². The van der Waals surface area contributed by atoms with Crippen LogP contribution in [-0.2, 0) is 0 Å². The van der Waals surface area contributed by atoms with Crippen LogP contribution in [0.1, 0.15) is 26.0 Å². The first-order valence-electron chi connectivity index (χ1n) is 6.33. The second kappa shape index (κ2) is 6.60. The van der Waals surface area contributed by atoms with Gasteiger partial charge in [-0.25, -0.2) is 4.98 Å². The van der Waals surface area contributed by atoms with Crippen molar-refractivity contribution in [3.63, 3.8) is 0 Å². The molecule has 0 saturated carbocycles. The van der Waals surface area contributed by atoms with E-state index in [9.17, 15) is 0 Å². The van der Waals surface area contributed by atoms with Crippen molar-refractivity contribution in [3.05, 3.63) is 23.9 Å². The van der Waals surface area contributed by atoms with Crippen LogP contribution >= 0.6 is 0 Å². The lowest BCUT2D eigenvalue weighted by Gasteiger charge is -2.26. The summed E-state index contributed by atoms with van der Waals surface area (Å²) in [6.07, 6.45) is 1.20. The summed E-state index contributed by atoms with van der Waals surface area (Å²) in [4.78, 5) is 6.73. The van der Waals surface area contributed by atoms with Gasteiger partial charge in [-0.15, -0.1) is 0 Å². The fourth-order valence-electron chi connectivity index (χ4n) is 1.88. The van der Waals surface area contributed by atoms with E-state index in [-0.39, 0.29) is 0 Å². The molecule has 1 aromatic rings. The van der Waals surface area contributed by atoms with Crippen molar-refractivity contribution < 1.29 is 0 Å². The van der Waals surface area contributed by atoms with E-state index < -0.39 is 0 Å². The molecule has 0 aliphatic heterocycles. The fraction of sp³-hybridized carbons (Fsp3) is 0.643. The van der Waals surface area contributed by atoms with Crippen molar-refractivity contribution in [1.29, 1.82) is 0 Å². The number of anilines is 1.